The molecule has 2 aromatic carbocycles. The van der Waals surface area contributed by atoms with Gasteiger partial charge in [-0.1, -0.05) is 0 Å². The number of rotatable bonds is 6. The van der Waals surface area contributed by atoms with Gasteiger partial charge < -0.3 is 15.4 Å². The number of hydrogen-bond acceptors (Lipinski definition) is 7. The third-order valence-electron chi connectivity index (χ3n) is 7.20. The lowest BCUT2D eigenvalue weighted by Crippen LogP contribution is -2.51. The maximum absolute atomic E-state index is 14.2. The minimum atomic E-state index is -4.15. The minimum Gasteiger partial charge on any atom is -0.457 e. The largest absolute Gasteiger partial charge is 0.457 e. The van der Waals surface area contributed by atoms with E-state index < -0.39 is 32.2 Å². The Bertz CT molecular complexity index is 1230. The highest BCUT2D eigenvalue weighted by molar-refractivity contribution is 7.93. The van der Waals surface area contributed by atoms with Crippen LogP contribution in [0.15, 0.2) is 47.4 Å². The smallest absolute Gasteiger partial charge is 0.265 e. The van der Waals surface area contributed by atoms with E-state index in [0.29, 0.717) is 6.42 Å². The van der Waals surface area contributed by atoms with Crippen LogP contribution >= 0.6 is 0 Å². The van der Waals surface area contributed by atoms with Crippen molar-refractivity contribution >= 4 is 21.7 Å². The molecule has 0 aromatic heterocycles. The summed E-state index contributed by atoms with van der Waals surface area (Å²) >= 11 is 0. The predicted molar refractivity (Wildman–Crippen MR) is 125 cm³/mol. The van der Waals surface area contributed by atoms with Crippen molar-refractivity contribution in [3.8, 4) is 11.5 Å². The highest BCUT2D eigenvalue weighted by Crippen LogP contribution is 2.54. The Hall–Kier alpha value is -3.02. The summed E-state index contributed by atoms with van der Waals surface area (Å²) in [6.45, 7) is 1.52. The first-order chi connectivity index (χ1) is 16.7. The summed E-state index contributed by atoms with van der Waals surface area (Å²) < 4.78 is 45.5. The minimum absolute atomic E-state index is 0.0689. The van der Waals surface area contributed by atoms with Gasteiger partial charge in [0.2, 0.25) is 0 Å². The Morgan fingerprint density at radius 1 is 1.03 bits per heavy atom. The second kappa shape index (κ2) is 9.56. The molecule has 1 aliphatic heterocycles. The van der Waals surface area contributed by atoms with Gasteiger partial charge in [-0.05, 0) is 87.0 Å². The van der Waals surface area contributed by atoms with E-state index in [9.17, 15) is 27.6 Å². The molecule has 11 heteroatoms. The van der Waals surface area contributed by atoms with E-state index in [0.717, 1.165) is 32.0 Å². The van der Waals surface area contributed by atoms with Crippen LogP contribution in [0.25, 0.3) is 0 Å². The summed E-state index contributed by atoms with van der Waals surface area (Å²) in [4.78, 5) is 24.3. The number of benzene rings is 2. The summed E-state index contributed by atoms with van der Waals surface area (Å²) in [6.07, 6.45) is 2.39. The van der Waals surface area contributed by atoms with Crippen molar-refractivity contribution < 1.29 is 32.3 Å². The molecule has 0 bridgehead atoms. The van der Waals surface area contributed by atoms with E-state index in [1.807, 2.05) is 0 Å². The van der Waals surface area contributed by atoms with Crippen molar-refractivity contribution in [3.63, 3.8) is 0 Å². The van der Waals surface area contributed by atoms with Gasteiger partial charge in [-0.3, -0.25) is 14.8 Å². The Morgan fingerprint density at radius 2 is 1.69 bits per heavy atom. The van der Waals surface area contributed by atoms with Gasteiger partial charge >= 0.3 is 0 Å². The summed E-state index contributed by atoms with van der Waals surface area (Å²) in [5, 5.41) is 15.0. The van der Waals surface area contributed by atoms with Crippen LogP contribution in [0.1, 0.15) is 42.5 Å². The van der Waals surface area contributed by atoms with Crippen molar-refractivity contribution in [1.29, 1.82) is 0 Å². The summed E-state index contributed by atoms with van der Waals surface area (Å²) in [5.41, 5.74) is 1.20. The zero-order chi connectivity index (χ0) is 25.3. The van der Waals surface area contributed by atoms with Crippen molar-refractivity contribution in [2.45, 2.75) is 41.7 Å². The Labute approximate surface area is 202 Å². The van der Waals surface area contributed by atoms with E-state index in [1.165, 1.54) is 43.4 Å². The molecule has 1 atom stereocenters. The summed E-state index contributed by atoms with van der Waals surface area (Å²) in [5.74, 6) is -1.86. The van der Waals surface area contributed by atoms with Crippen LogP contribution in [0, 0.1) is 11.2 Å². The first-order valence-electron chi connectivity index (χ1n) is 11.4. The molecule has 1 spiro atoms. The van der Waals surface area contributed by atoms with Gasteiger partial charge in [-0.2, -0.15) is 0 Å². The molecule has 2 aliphatic rings. The second-order valence-electron chi connectivity index (χ2n) is 9.16. The van der Waals surface area contributed by atoms with Gasteiger partial charge in [0.15, 0.2) is 14.6 Å². The highest BCUT2D eigenvalue weighted by Gasteiger charge is 2.60. The van der Waals surface area contributed by atoms with E-state index in [-0.39, 0.29) is 40.2 Å². The Balaban J connectivity index is 1.58. The zero-order valence-corrected chi connectivity index (χ0v) is 20.1. The maximum Gasteiger partial charge on any atom is 0.265 e. The van der Waals surface area contributed by atoms with E-state index in [2.05, 4.69) is 10.6 Å². The number of carbonyl (C=O) groups is 2. The normalized spacial score (nSPS) is 21.5. The molecule has 2 aromatic rings. The lowest BCUT2D eigenvalue weighted by molar-refractivity contribution is -0.132. The number of amides is 2. The molecule has 2 fully saturated rings. The number of nitrogens with one attached hydrogen (secondary N) is 3. The molecule has 9 nitrogen and oxygen atoms in total. The van der Waals surface area contributed by atoms with Crippen LogP contribution in [-0.4, -0.2) is 50.3 Å². The standard InChI is InChI=1S/C24H28FN3O6S/c1-26-21(29)19-7-4-17(14-20(19)25)34-16-2-5-18(6-3-16)35(32,33)24(22(30)28-31)9-8-23(15-24)10-12-27-13-11-23/h2-7,14,27,31H,8-13,15H2,1H3,(H,26,29)(H,28,30). The fourth-order valence-electron chi connectivity index (χ4n) is 5.21. The number of piperidine rings is 1. The number of halogens is 1. The van der Waals surface area contributed by atoms with Crippen LogP contribution < -0.4 is 20.9 Å². The van der Waals surface area contributed by atoms with Crippen molar-refractivity contribution in [2.75, 3.05) is 20.1 Å². The van der Waals surface area contributed by atoms with Gasteiger partial charge in [-0.15, -0.1) is 0 Å². The predicted octanol–water partition coefficient (Wildman–Crippen LogP) is 2.55. The Kier molecular flexibility index (Phi) is 6.85. The van der Waals surface area contributed by atoms with Crippen LogP contribution in [0.5, 0.6) is 11.5 Å². The fraction of sp³-hybridized carbons (Fsp3) is 0.417. The van der Waals surface area contributed by atoms with E-state index >= 15 is 0 Å². The van der Waals surface area contributed by atoms with Crippen molar-refractivity contribution in [2.24, 2.45) is 5.41 Å². The molecule has 4 rings (SSSR count). The molecule has 1 saturated heterocycles. The molecule has 1 heterocycles. The maximum atomic E-state index is 14.2. The molecular formula is C24H28FN3O6S. The van der Waals surface area contributed by atoms with Gasteiger partial charge in [0.05, 0.1) is 10.5 Å². The summed E-state index contributed by atoms with van der Waals surface area (Å²) in [6, 6.07) is 9.27. The molecule has 1 unspecified atom stereocenters. The molecule has 35 heavy (non-hydrogen) atoms. The molecule has 2 amide bonds. The fourth-order valence-corrected chi connectivity index (χ4v) is 7.31. The monoisotopic (exact) mass is 505 g/mol. The molecule has 188 valence electrons. The third-order valence-corrected chi connectivity index (χ3v) is 9.65. The van der Waals surface area contributed by atoms with Crippen LogP contribution in [0.4, 0.5) is 4.39 Å². The third kappa shape index (κ3) is 4.51. The summed E-state index contributed by atoms with van der Waals surface area (Å²) in [7, 11) is -2.76. The number of ether oxygens (including phenoxy) is 1. The number of carbonyl (C=O) groups excluding carboxylic acids is 2. The lowest BCUT2D eigenvalue weighted by atomic mass is 9.77. The number of hydrogen-bond donors (Lipinski definition) is 4. The second-order valence-corrected chi connectivity index (χ2v) is 11.4. The molecule has 1 aliphatic carbocycles. The van der Waals surface area contributed by atoms with Crippen LogP contribution in [0.3, 0.4) is 0 Å². The molecule has 1 saturated carbocycles. The quantitative estimate of drug-likeness (QED) is 0.350. The molecule has 4 N–H and O–H groups in total. The molecular weight excluding hydrogens is 477 g/mol. The van der Waals surface area contributed by atoms with Gasteiger partial charge in [0, 0.05) is 13.1 Å². The SMILES string of the molecule is CNC(=O)c1ccc(Oc2ccc(S(=O)(=O)C3(C(=O)NO)CCC4(CCNCC4)C3)cc2)cc1F. The van der Waals surface area contributed by atoms with Gasteiger partial charge in [0.25, 0.3) is 11.8 Å². The number of hydroxylamine groups is 1. The van der Waals surface area contributed by atoms with Crippen LogP contribution in [-0.2, 0) is 14.6 Å². The first-order valence-corrected chi connectivity index (χ1v) is 12.8. The van der Waals surface area contributed by atoms with E-state index in [1.54, 1.807) is 5.48 Å². The van der Waals surface area contributed by atoms with Crippen molar-refractivity contribution in [1.82, 2.24) is 16.1 Å². The van der Waals surface area contributed by atoms with Gasteiger partial charge in [0.1, 0.15) is 17.3 Å². The average molecular weight is 506 g/mol. The Morgan fingerprint density at radius 3 is 2.29 bits per heavy atom. The van der Waals surface area contributed by atoms with Crippen molar-refractivity contribution in [3.05, 3.63) is 53.8 Å². The first kappa shape index (κ1) is 25.1. The number of sulfone groups is 1. The lowest BCUT2D eigenvalue weighted by Gasteiger charge is -2.36. The topological polar surface area (TPSA) is 134 Å². The zero-order valence-electron chi connectivity index (χ0n) is 19.3. The van der Waals surface area contributed by atoms with Crippen LogP contribution in [0.2, 0.25) is 0 Å². The molecule has 0 radical (unpaired) electrons. The highest BCUT2D eigenvalue weighted by atomic mass is 32.2. The van der Waals surface area contributed by atoms with Gasteiger partial charge in [-0.25, -0.2) is 18.3 Å². The van der Waals surface area contributed by atoms with E-state index in [4.69, 9.17) is 4.74 Å². The average Bonchev–Trinajstić information content (AvgIpc) is 3.24.